The highest BCUT2D eigenvalue weighted by atomic mass is 32.2. The van der Waals surface area contributed by atoms with Gasteiger partial charge < -0.3 is 19.5 Å². The standard InChI is InChI=1S/C23H35N5O6S/c1-17-12-28(18(2)15-29)23(30)9-6-10-27-13-19(24-25-27)16-34-22(17)14-26(3)35(31,32)21-8-5-7-20(11-21)33-4/h5,7-8,11,13,17-18,22,29H,6,9-10,12,14-16H2,1-4H3/t17-,18-,22-/m0/s1. The van der Waals surface area contributed by atoms with Crippen LogP contribution in [0.4, 0.5) is 0 Å². The molecule has 0 aliphatic carbocycles. The van der Waals surface area contributed by atoms with Gasteiger partial charge in [-0.05, 0) is 25.5 Å². The van der Waals surface area contributed by atoms with E-state index in [9.17, 15) is 18.3 Å². The summed E-state index contributed by atoms with van der Waals surface area (Å²) in [6, 6.07) is 5.93. The first-order valence-electron chi connectivity index (χ1n) is 11.7. The lowest BCUT2D eigenvalue weighted by atomic mass is 10.0. The molecule has 1 aromatic heterocycles. The van der Waals surface area contributed by atoms with E-state index in [1.54, 1.807) is 34.8 Å². The molecule has 3 rings (SSSR count). The van der Waals surface area contributed by atoms with Gasteiger partial charge in [-0.1, -0.05) is 18.2 Å². The Morgan fingerprint density at radius 2 is 2.14 bits per heavy atom. The Kier molecular flexibility index (Phi) is 9.22. The zero-order chi connectivity index (χ0) is 25.6. The number of hydrogen-bond donors (Lipinski definition) is 1. The predicted octanol–water partition coefficient (Wildman–Crippen LogP) is 1.13. The van der Waals surface area contributed by atoms with E-state index in [-0.39, 0.29) is 42.5 Å². The van der Waals surface area contributed by atoms with E-state index in [4.69, 9.17) is 9.47 Å². The number of nitrogens with zero attached hydrogens (tertiary/aromatic N) is 5. The van der Waals surface area contributed by atoms with Crippen LogP contribution in [0.5, 0.6) is 5.75 Å². The molecule has 35 heavy (non-hydrogen) atoms. The average Bonchev–Trinajstić information content (AvgIpc) is 3.31. The zero-order valence-electron chi connectivity index (χ0n) is 20.7. The number of aryl methyl sites for hydroxylation is 1. The number of carbonyl (C=O) groups is 1. The Hall–Kier alpha value is -2.54. The summed E-state index contributed by atoms with van der Waals surface area (Å²) in [4.78, 5) is 14.7. The van der Waals surface area contributed by atoms with Crippen molar-refractivity contribution in [1.29, 1.82) is 0 Å². The first kappa shape index (κ1) is 27.1. The molecule has 0 fully saturated rings. The minimum atomic E-state index is -3.82. The van der Waals surface area contributed by atoms with Gasteiger partial charge >= 0.3 is 0 Å². The number of amides is 1. The van der Waals surface area contributed by atoms with Crippen LogP contribution in [0.3, 0.4) is 0 Å². The summed E-state index contributed by atoms with van der Waals surface area (Å²) in [5, 5.41) is 17.9. The monoisotopic (exact) mass is 509 g/mol. The molecule has 1 amide bonds. The normalized spacial score (nSPS) is 21.2. The average molecular weight is 510 g/mol. The van der Waals surface area contributed by atoms with E-state index in [2.05, 4.69) is 10.3 Å². The van der Waals surface area contributed by atoms with Crippen molar-refractivity contribution < 1.29 is 27.8 Å². The van der Waals surface area contributed by atoms with Crippen LogP contribution in [-0.2, 0) is 32.7 Å². The fourth-order valence-corrected chi connectivity index (χ4v) is 5.20. The number of ether oxygens (including phenoxy) is 2. The second-order valence-corrected chi connectivity index (χ2v) is 11.0. The van der Waals surface area contributed by atoms with E-state index in [1.165, 1.54) is 30.6 Å². The van der Waals surface area contributed by atoms with Crippen LogP contribution in [0.1, 0.15) is 32.4 Å². The van der Waals surface area contributed by atoms with Crippen LogP contribution < -0.4 is 4.74 Å². The Morgan fingerprint density at radius 1 is 1.37 bits per heavy atom. The van der Waals surface area contributed by atoms with Crippen LogP contribution in [0.2, 0.25) is 0 Å². The smallest absolute Gasteiger partial charge is 0.243 e. The van der Waals surface area contributed by atoms with E-state index in [0.29, 0.717) is 37.4 Å². The molecule has 194 valence electrons. The largest absolute Gasteiger partial charge is 0.497 e. The highest BCUT2D eigenvalue weighted by Crippen LogP contribution is 2.23. The molecule has 0 saturated heterocycles. The zero-order valence-corrected chi connectivity index (χ0v) is 21.5. The molecule has 2 bridgehead atoms. The predicted molar refractivity (Wildman–Crippen MR) is 128 cm³/mol. The van der Waals surface area contributed by atoms with Crippen LogP contribution in [0.25, 0.3) is 0 Å². The summed E-state index contributed by atoms with van der Waals surface area (Å²) >= 11 is 0. The number of benzene rings is 1. The third kappa shape index (κ3) is 6.78. The topological polar surface area (TPSA) is 127 Å². The molecule has 0 spiro atoms. The second-order valence-electron chi connectivity index (χ2n) is 8.95. The van der Waals surface area contributed by atoms with Gasteiger partial charge in [0.05, 0.1) is 43.6 Å². The minimum Gasteiger partial charge on any atom is -0.497 e. The summed E-state index contributed by atoms with van der Waals surface area (Å²) in [7, 11) is -0.836. The number of carbonyl (C=O) groups excluding carboxylic acids is 1. The molecule has 2 heterocycles. The Labute approximate surface area is 206 Å². The molecule has 0 radical (unpaired) electrons. The molecule has 11 nitrogen and oxygen atoms in total. The van der Waals surface area contributed by atoms with Crippen molar-refractivity contribution in [3.63, 3.8) is 0 Å². The summed E-state index contributed by atoms with van der Waals surface area (Å²) in [5.74, 6) is 0.141. The van der Waals surface area contributed by atoms with Crippen LogP contribution >= 0.6 is 0 Å². The number of likely N-dealkylation sites (N-methyl/N-ethyl adjacent to an activating group) is 1. The van der Waals surface area contributed by atoms with Crippen LogP contribution in [0, 0.1) is 5.92 Å². The number of aromatic nitrogens is 3. The lowest BCUT2D eigenvalue weighted by Gasteiger charge is -2.35. The maximum absolute atomic E-state index is 13.3. The number of hydrogen-bond acceptors (Lipinski definition) is 8. The fourth-order valence-electron chi connectivity index (χ4n) is 3.99. The lowest BCUT2D eigenvalue weighted by Crippen LogP contribution is -2.47. The van der Waals surface area contributed by atoms with Gasteiger partial charge in [0.1, 0.15) is 11.4 Å². The fraction of sp³-hybridized carbons (Fsp3) is 0.609. The van der Waals surface area contributed by atoms with E-state index >= 15 is 0 Å². The van der Waals surface area contributed by atoms with Crippen molar-refractivity contribution in [1.82, 2.24) is 24.2 Å². The molecule has 12 heteroatoms. The summed E-state index contributed by atoms with van der Waals surface area (Å²) < 4.78 is 40.8. The third-order valence-electron chi connectivity index (χ3n) is 6.23. The second kappa shape index (κ2) is 11.9. The quantitative estimate of drug-likeness (QED) is 0.589. The Bertz CT molecular complexity index is 1090. The van der Waals surface area contributed by atoms with Gasteiger partial charge in [-0.15, -0.1) is 5.10 Å². The maximum atomic E-state index is 13.3. The molecule has 3 atom stereocenters. The van der Waals surface area contributed by atoms with Gasteiger partial charge in [0, 0.05) is 45.1 Å². The number of rotatable bonds is 7. The van der Waals surface area contributed by atoms with Crippen molar-refractivity contribution in [2.24, 2.45) is 5.92 Å². The molecular formula is C23H35N5O6S. The Balaban J connectivity index is 1.86. The molecule has 1 N–H and O–H groups in total. The summed E-state index contributed by atoms with van der Waals surface area (Å²) in [6.45, 7) is 4.62. The molecule has 1 aliphatic heterocycles. The van der Waals surface area contributed by atoms with Crippen molar-refractivity contribution >= 4 is 15.9 Å². The van der Waals surface area contributed by atoms with E-state index in [0.717, 1.165) is 0 Å². The van der Waals surface area contributed by atoms with E-state index in [1.807, 2.05) is 6.92 Å². The molecule has 0 unspecified atom stereocenters. The number of sulfonamides is 1. The van der Waals surface area contributed by atoms with Crippen LogP contribution in [-0.4, -0.2) is 89.6 Å². The molecule has 0 saturated carbocycles. The van der Waals surface area contributed by atoms with Crippen molar-refractivity contribution in [2.75, 3.05) is 33.9 Å². The highest BCUT2D eigenvalue weighted by Gasteiger charge is 2.31. The van der Waals surface area contributed by atoms with Gasteiger partial charge in [-0.2, -0.15) is 4.31 Å². The first-order chi connectivity index (χ1) is 16.6. The molecule has 1 aromatic carbocycles. The van der Waals surface area contributed by atoms with Gasteiger partial charge in [-0.25, -0.2) is 8.42 Å². The lowest BCUT2D eigenvalue weighted by molar-refractivity contribution is -0.136. The van der Waals surface area contributed by atoms with Crippen molar-refractivity contribution in [3.05, 3.63) is 36.2 Å². The van der Waals surface area contributed by atoms with Gasteiger partial charge in [0.2, 0.25) is 15.9 Å². The summed E-state index contributed by atoms with van der Waals surface area (Å²) in [6.07, 6.45) is 2.13. The van der Waals surface area contributed by atoms with Gasteiger partial charge in [0.25, 0.3) is 0 Å². The van der Waals surface area contributed by atoms with Crippen LogP contribution in [0.15, 0.2) is 35.4 Å². The molecule has 2 aromatic rings. The first-order valence-corrected chi connectivity index (χ1v) is 13.1. The highest BCUT2D eigenvalue weighted by molar-refractivity contribution is 7.89. The van der Waals surface area contributed by atoms with Crippen molar-refractivity contribution in [3.8, 4) is 5.75 Å². The number of fused-ring (bicyclic) bond motifs is 2. The molecular weight excluding hydrogens is 474 g/mol. The van der Waals surface area contributed by atoms with Crippen molar-refractivity contribution in [2.45, 2.75) is 56.9 Å². The van der Waals surface area contributed by atoms with E-state index < -0.39 is 16.1 Å². The summed E-state index contributed by atoms with van der Waals surface area (Å²) in [5.41, 5.74) is 0.631. The third-order valence-corrected chi connectivity index (χ3v) is 8.05. The van der Waals surface area contributed by atoms with Gasteiger partial charge in [-0.3, -0.25) is 9.48 Å². The Morgan fingerprint density at radius 3 is 2.86 bits per heavy atom. The number of aliphatic hydroxyl groups excluding tert-OH is 1. The minimum absolute atomic E-state index is 0.0599. The number of aliphatic hydroxyl groups is 1. The SMILES string of the molecule is COc1cccc(S(=O)(=O)N(C)C[C@@H]2OCc3cn(nn3)CCCC(=O)N([C@@H](C)CO)C[C@@H]2C)c1. The maximum Gasteiger partial charge on any atom is 0.243 e. The number of methoxy groups -OCH3 is 1. The molecule has 1 aliphatic rings. The van der Waals surface area contributed by atoms with Gasteiger partial charge in [0.15, 0.2) is 0 Å².